The quantitative estimate of drug-likeness (QED) is 0.725. The highest BCUT2D eigenvalue weighted by molar-refractivity contribution is 6.30. The molecule has 156 valence electrons. The van der Waals surface area contributed by atoms with Crippen LogP contribution in [0.25, 0.3) is 0 Å². The fourth-order valence-electron chi connectivity index (χ4n) is 3.17. The van der Waals surface area contributed by atoms with E-state index in [1.807, 2.05) is 19.1 Å². The zero-order valence-corrected chi connectivity index (χ0v) is 17.4. The standard InChI is InChI=1S/C20H25ClN4O4/c1-14-18(15(2)29-23-14)13-19(26)24-7-9-25(10-8-24)20(27)22-6-11-28-17-5-3-4-16(21)12-17/h3-5,12H,6-11,13H2,1-2H3,(H,22,27). The largest absolute Gasteiger partial charge is 0.492 e. The van der Waals surface area contributed by atoms with E-state index >= 15 is 0 Å². The number of rotatable bonds is 6. The van der Waals surface area contributed by atoms with Crippen molar-refractivity contribution in [2.24, 2.45) is 0 Å². The highest BCUT2D eigenvalue weighted by atomic mass is 35.5. The van der Waals surface area contributed by atoms with Crippen molar-refractivity contribution in [3.05, 3.63) is 46.3 Å². The van der Waals surface area contributed by atoms with Gasteiger partial charge in [0, 0.05) is 36.8 Å². The molecule has 2 aromatic rings. The Balaban J connectivity index is 1.37. The Hall–Kier alpha value is -2.74. The Labute approximate surface area is 174 Å². The van der Waals surface area contributed by atoms with E-state index in [-0.39, 0.29) is 18.4 Å². The van der Waals surface area contributed by atoms with Crippen LogP contribution in [0.5, 0.6) is 5.75 Å². The molecule has 0 unspecified atom stereocenters. The predicted octanol–water partition coefficient (Wildman–Crippen LogP) is 2.42. The molecule has 0 bridgehead atoms. The summed E-state index contributed by atoms with van der Waals surface area (Å²) in [6, 6.07) is 6.96. The van der Waals surface area contributed by atoms with Crippen molar-refractivity contribution >= 4 is 23.5 Å². The summed E-state index contributed by atoms with van der Waals surface area (Å²) in [6.45, 7) is 6.38. The zero-order valence-electron chi connectivity index (χ0n) is 16.6. The van der Waals surface area contributed by atoms with Crippen LogP contribution >= 0.6 is 11.6 Å². The fourth-order valence-corrected chi connectivity index (χ4v) is 3.35. The van der Waals surface area contributed by atoms with Crippen LogP contribution < -0.4 is 10.1 Å². The summed E-state index contributed by atoms with van der Waals surface area (Å²) < 4.78 is 10.7. The number of halogens is 1. The van der Waals surface area contributed by atoms with Crippen molar-refractivity contribution in [2.45, 2.75) is 20.3 Å². The van der Waals surface area contributed by atoms with Gasteiger partial charge in [-0.2, -0.15) is 0 Å². The predicted molar refractivity (Wildman–Crippen MR) is 108 cm³/mol. The summed E-state index contributed by atoms with van der Waals surface area (Å²) in [7, 11) is 0. The Morgan fingerprint density at radius 3 is 2.59 bits per heavy atom. The van der Waals surface area contributed by atoms with Gasteiger partial charge in [0.15, 0.2) is 0 Å². The van der Waals surface area contributed by atoms with Gasteiger partial charge in [-0.05, 0) is 32.0 Å². The lowest BCUT2D eigenvalue weighted by Gasteiger charge is -2.34. The van der Waals surface area contributed by atoms with Crippen LogP contribution in [0.4, 0.5) is 4.79 Å². The molecule has 0 aliphatic carbocycles. The third-order valence-corrected chi connectivity index (χ3v) is 5.11. The lowest BCUT2D eigenvalue weighted by molar-refractivity contribution is -0.131. The molecule has 0 spiro atoms. The van der Waals surface area contributed by atoms with Crippen LogP contribution in [0, 0.1) is 13.8 Å². The minimum absolute atomic E-state index is 0.0226. The molecule has 1 aliphatic heterocycles. The molecule has 1 aliphatic rings. The van der Waals surface area contributed by atoms with Gasteiger partial charge in [-0.3, -0.25) is 4.79 Å². The van der Waals surface area contributed by atoms with Crippen molar-refractivity contribution in [3.63, 3.8) is 0 Å². The van der Waals surface area contributed by atoms with E-state index in [1.54, 1.807) is 28.9 Å². The van der Waals surface area contributed by atoms with Crippen molar-refractivity contribution < 1.29 is 18.8 Å². The molecule has 29 heavy (non-hydrogen) atoms. The highest BCUT2D eigenvalue weighted by Gasteiger charge is 2.25. The third kappa shape index (κ3) is 5.63. The number of nitrogens with one attached hydrogen (secondary N) is 1. The number of benzene rings is 1. The second-order valence-electron chi connectivity index (χ2n) is 6.89. The van der Waals surface area contributed by atoms with Crippen molar-refractivity contribution in [2.75, 3.05) is 39.3 Å². The maximum Gasteiger partial charge on any atom is 0.317 e. The number of urea groups is 1. The van der Waals surface area contributed by atoms with Gasteiger partial charge < -0.3 is 24.4 Å². The number of amides is 3. The average molecular weight is 421 g/mol. The molecule has 1 aromatic heterocycles. The van der Waals surface area contributed by atoms with Crippen LogP contribution in [0.2, 0.25) is 5.02 Å². The van der Waals surface area contributed by atoms with Gasteiger partial charge >= 0.3 is 6.03 Å². The third-order valence-electron chi connectivity index (χ3n) is 4.87. The number of carbonyl (C=O) groups excluding carboxylic acids is 2. The molecular weight excluding hydrogens is 396 g/mol. The molecule has 9 heteroatoms. The van der Waals surface area contributed by atoms with E-state index in [1.165, 1.54) is 0 Å². The molecule has 1 aromatic carbocycles. The molecule has 8 nitrogen and oxygen atoms in total. The number of hydrogen-bond acceptors (Lipinski definition) is 5. The lowest BCUT2D eigenvalue weighted by Crippen LogP contribution is -2.53. The molecule has 0 atom stereocenters. The second kappa shape index (κ2) is 9.65. The Morgan fingerprint density at radius 2 is 1.93 bits per heavy atom. The van der Waals surface area contributed by atoms with E-state index in [0.29, 0.717) is 55.9 Å². The summed E-state index contributed by atoms with van der Waals surface area (Å²) in [5.74, 6) is 1.36. The summed E-state index contributed by atoms with van der Waals surface area (Å²) in [5, 5.41) is 7.33. The minimum Gasteiger partial charge on any atom is -0.492 e. The van der Waals surface area contributed by atoms with Gasteiger partial charge in [-0.25, -0.2) is 4.79 Å². The van der Waals surface area contributed by atoms with Crippen molar-refractivity contribution in [1.29, 1.82) is 0 Å². The minimum atomic E-state index is -0.155. The van der Waals surface area contributed by atoms with Gasteiger partial charge in [0.25, 0.3) is 0 Å². The van der Waals surface area contributed by atoms with Crippen LogP contribution in [0.1, 0.15) is 17.0 Å². The van der Waals surface area contributed by atoms with E-state index < -0.39 is 0 Å². The monoisotopic (exact) mass is 420 g/mol. The van der Waals surface area contributed by atoms with Gasteiger partial charge in [0.1, 0.15) is 18.1 Å². The smallest absolute Gasteiger partial charge is 0.317 e. The topological polar surface area (TPSA) is 87.9 Å². The maximum absolute atomic E-state index is 12.5. The molecule has 3 amide bonds. The summed E-state index contributed by atoms with van der Waals surface area (Å²) in [4.78, 5) is 28.3. The molecule has 3 rings (SSSR count). The molecule has 2 heterocycles. The van der Waals surface area contributed by atoms with Crippen LogP contribution in [0.3, 0.4) is 0 Å². The molecular formula is C20H25ClN4O4. The molecule has 1 N–H and O–H groups in total. The van der Waals surface area contributed by atoms with Gasteiger partial charge in [0.05, 0.1) is 18.7 Å². The van der Waals surface area contributed by atoms with E-state index in [0.717, 1.165) is 11.3 Å². The first-order valence-corrected chi connectivity index (χ1v) is 9.92. The molecule has 1 saturated heterocycles. The van der Waals surface area contributed by atoms with Gasteiger partial charge in [-0.1, -0.05) is 22.8 Å². The van der Waals surface area contributed by atoms with Gasteiger partial charge in [-0.15, -0.1) is 0 Å². The fraction of sp³-hybridized carbons (Fsp3) is 0.450. The van der Waals surface area contributed by atoms with E-state index in [4.69, 9.17) is 20.9 Å². The first-order chi connectivity index (χ1) is 13.9. The summed E-state index contributed by atoms with van der Waals surface area (Å²) >= 11 is 5.91. The number of aromatic nitrogens is 1. The number of nitrogens with zero attached hydrogens (tertiary/aromatic N) is 3. The van der Waals surface area contributed by atoms with Crippen LogP contribution in [-0.4, -0.2) is 66.2 Å². The summed E-state index contributed by atoms with van der Waals surface area (Å²) in [5.41, 5.74) is 1.59. The molecule has 1 fully saturated rings. The Morgan fingerprint density at radius 1 is 1.21 bits per heavy atom. The first kappa shape index (κ1) is 21.0. The number of ether oxygens (including phenoxy) is 1. The molecule has 0 radical (unpaired) electrons. The van der Waals surface area contributed by atoms with Crippen LogP contribution in [-0.2, 0) is 11.2 Å². The maximum atomic E-state index is 12.5. The number of piperazine rings is 1. The second-order valence-corrected chi connectivity index (χ2v) is 7.32. The van der Waals surface area contributed by atoms with Crippen molar-refractivity contribution in [1.82, 2.24) is 20.3 Å². The number of aryl methyl sites for hydroxylation is 2. The SMILES string of the molecule is Cc1noc(C)c1CC(=O)N1CCN(C(=O)NCCOc2cccc(Cl)c2)CC1. The summed E-state index contributed by atoms with van der Waals surface area (Å²) in [6.07, 6.45) is 0.272. The molecule has 0 saturated carbocycles. The normalized spacial score (nSPS) is 14.0. The highest BCUT2D eigenvalue weighted by Crippen LogP contribution is 2.17. The average Bonchev–Trinajstić information content (AvgIpc) is 3.03. The number of carbonyl (C=O) groups is 2. The van der Waals surface area contributed by atoms with E-state index in [9.17, 15) is 9.59 Å². The van der Waals surface area contributed by atoms with Gasteiger partial charge in [0.2, 0.25) is 5.91 Å². The Kier molecular flexibility index (Phi) is 6.98. The zero-order chi connectivity index (χ0) is 20.8. The van der Waals surface area contributed by atoms with Crippen molar-refractivity contribution in [3.8, 4) is 5.75 Å². The lowest BCUT2D eigenvalue weighted by atomic mass is 10.1. The van der Waals surface area contributed by atoms with Crippen LogP contribution in [0.15, 0.2) is 28.8 Å². The first-order valence-electron chi connectivity index (χ1n) is 9.54. The number of hydrogen-bond donors (Lipinski definition) is 1. The van der Waals surface area contributed by atoms with E-state index in [2.05, 4.69) is 10.5 Å². The Bertz CT molecular complexity index is 842.